The van der Waals surface area contributed by atoms with Crippen LogP contribution in [0.5, 0.6) is 0 Å². The maximum Gasteiger partial charge on any atom is 0.162 e. The van der Waals surface area contributed by atoms with Gasteiger partial charge < -0.3 is 5.43 Å². The van der Waals surface area contributed by atoms with Gasteiger partial charge in [0.25, 0.3) is 0 Å². The Kier molecular flexibility index (Phi) is 3.34. The molecule has 0 saturated heterocycles. The maximum absolute atomic E-state index is 5.46. The van der Waals surface area contributed by atoms with Crippen LogP contribution in [-0.2, 0) is 6.42 Å². The molecule has 0 aliphatic heterocycles. The van der Waals surface area contributed by atoms with Gasteiger partial charge in [0.1, 0.15) is 12.1 Å². The van der Waals surface area contributed by atoms with Crippen LogP contribution < -0.4 is 11.3 Å². The molecule has 3 N–H and O–H groups in total. The van der Waals surface area contributed by atoms with Gasteiger partial charge >= 0.3 is 0 Å². The number of nitrogen functional groups attached to an aromatic ring is 1. The zero-order valence-electron chi connectivity index (χ0n) is 10.0. The Labute approximate surface area is 99.9 Å². The fourth-order valence-corrected chi connectivity index (χ4v) is 1.74. The van der Waals surface area contributed by atoms with Crippen LogP contribution in [0, 0.1) is 6.92 Å². The van der Waals surface area contributed by atoms with Gasteiger partial charge in [0.05, 0.1) is 5.69 Å². The molecule has 0 spiro atoms. The summed E-state index contributed by atoms with van der Waals surface area (Å²) in [5.41, 5.74) is 4.54. The zero-order chi connectivity index (χ0) is 12.3. The van der Waals surface area contributed by atoms with E-state index in [2.05, 4.69) is 27.4 Å². The Morgan fingerprint density at radius 2 is 2.24 bits per heavy atom. The van der Waals surface area contributed by atoms with Crippen LogP contribution in [0.15, 0.2) is 18.6 Å². The number of nitrogens with zero attached hydrogens (tertiary/aromatic N) is 4. The fourth-order valence-electron chi connectivity index (χ4n) is 1.74. The van der Waals surface area contributed by atoms with Crippen molar-refractivity contribution in [2.75, 3.05) is 5.43 Å². The number of hydrazine groups is 1. The molecule has 0 saturated carbocycles. The lowest BCUT2D eigenvalue weighted by atomic mass is 10.1. The molecule has 17 heavy (non-hydrogen) atoms. The molecule has 0 unspecified atom stereocenters. The summed E-state index contributed by atoms with van der Waals surface area (Å²) >= 11 is 0. The van der Waals surface area contributed by atoms with E-state index in [9.17, 15) is 0 Å². The first-order valence-electron chi connectivity index (χ1n) is 5.59. The Morgan fingerprint density at radius 1 is 1.41 bits per heavy atom. The molecule has 0 fully saturated rings. The van der Waals surface area contributed by atoms with E-state index in [1.54, 1.807) is 4.68 Å². The summed E-state index contributed by atoms with van der Waals surface area (Å²) in [7, 11) is 0. The van der Waals surface area contributed by atoms with Crippen LogP contribution in [0.2, 0.25) is 0 Å². The second-order valence-corrected chi connectivity index (χ2v) is 3.82. The smallest absolute Gasteiger partial charge is 0.162 e. The molecule has 0 aliphatic rings. The largest absolute Gasteiger partial charge is 0.308 e. The predicted molar refractivity (Wildman–Crippen MR) is 65.7 cm³/mol. The SMILES string of the molecule is CCCc1c(NN)ncnc1-n1ccc(C)n1. The molecular formula is C11H16N6. The molecule has 0 amide bonds. The second-order valence-electron chi connectivity index (χ2n) is 3.82. The number of nitrogens with one attached hydrogen (secondary N) is 1. The summed E-state index contributed by atoms with van der Waals surface area (Å²) in [5, 5.41) is 4.36. The molecule has 90 valence electrons. The molecule has 6 nitrogen and oxygen atoms in total. The molecule has 2 heterocycles. The number of anilines is 1. The predicted octanol–water partition coefficient (Wildman–Crippen LogP) is 1.21. The number of hydrogen-bond donors (Lipinski definition) is 2. The first-order chi connectivity index (χ1) is 8.26. The third kappa shape index (κ3) is 2.26. The number of aromatic nitrogens is 4. The van der Waals surface area contributed by atoms with Crippen molar-refractivity contribution in [3.63, 3.8) is 0 Å². The van der Waals surface area contributed by atoms with Crippen LogP contribution in [0.25, 0.3) is 5.82 Å². The molecule has 6 heteroatoms. The molecule has 2 aromatic rings. The van der Waals surface area contributed by atoms with Crippen molar-refractivity contribution < 1.29 is 0 Å². The van der Waals surface area contributed by atoms with E-state index in [0.29, 0.717) is 5.82 Å². The highest BCUT2D eigenvalue weighted by Crippen LogP contribution is 2.19. The molecule has 0 radical (unpaired) electrons. The van der Waals surface area contributed by atoms with Crippen molar-refractivity contribution in [2.24, 2.45) is 5.84 Å². The van der Waals surface area contributed by atoms with Crippen LogP contribution in [-0.4, -0.2) is 19.7 Å². The monoisotopic (exact) mass is 232 g/mol. The van der Waals surface area contributed by atoms with Gasteiger partial charge in [0.2, 0.25) is 0 Å². The maximum atomic E-state index is 5.46. The van der Waals surface area contributed by atoms with Crippen LogP contribution >= 0.6 is 0 Å². The van der Waals surface area contributed by atoms with Crippen molar-refractivity contribution in [1.82, 2.24) is 19.7 Å². The van der Waals surface area contributed by atoms with Crippen molar-refractivity contribution in [1.29, 1.82) is 0 Å². The summed E-state index contributed by atoms with van der Waals surface area (Å²) in [6.07, 6.45) is 5.22. The third-order valence-electron chi connectivity index (χ3n) is 2.50. The summed E-state index contributed by atoms with van der Waals surface area (Å²) in [5.74, 6) is 6.90. The average molecular weight is 232 g/mol. The zero-order valence-corrected chi connectivity index (χ0v) is 10.0. The molecule has 0 aliphatic carbocycles. The summed E-state index contributed by atoms with van der Waals surface area (Å²) in [6.45, 7) is 4.05. The van der Waals surface area contributed by atoms with Crippen molar-refractivity contribution in [3.05, 3.63) is 29.8 Å². The molecule has 2 rings (SSSR count). The topological polar surface area (TPSA) is 81.6 Å². The van der Waals surface area contributed by atoms with Crippen molar-refractivity contribution in [3.8, 4) is 5.82 Å². The number of aryl methyl sites for hydroxylation is 1. The Morgan fingerprint density at radius 3 is 2.82 bits per heavy atom. The van der Waals surface area contributed by atoms with E-state index >= 15 is 0 Å². The minimum absolute atomic E-state index is 0.657. The molecule has 0 atom stereocenters. The van der Waals surface area contributed by atoms with E-state index < -0.39 is 0 Å². The van der Waals surface area contributed by atoms with Crippen molar-refractivity contribution in [2.45, 2.75) is 26.7 Å². The molecule has 0 bridgehead atoms. The second kappa shape index (κ2) is 4.92. The van der Waals surface area contributed by atoms with E-state index in [1.165, 1.54) is 6.33 Å². The minimum atomic E-state index is 0.657. The normalized spacial score (nSPS) is 10.5. The van der Waals surface area contributed by atoms with E-state index in [1.807, 2.05) is 19.2 Å². The number of hydrogen-bond acceptors (Lipinski definition) is 5. The van der Waals surface area contributed by atoms with Gasteiger partial charge in [-0.05, 0) is 19.4 Å². The van der Waals surface area contributed by atoms with Gasteiger partial charge in [-0.1, -0.05) is 13.3 Å². The van der Waals surface area contributed by atoms with Gasteiger partial charge in [0.15, 0.2) is 5.82 Å². The summed E-state index contributed by atoms with van der Waals surface area (Å²) in [6, 6.07) is 1.94. The molecule has 0 aromatic carbocycles. The highest BCUT2D eigenvalue weighted by Gasteiger charge is 2.12. The Balaban J connectivity index is 2.52. The minimum Gasteiger partial charge on any atom is -0.308 e. The lowest BCUT2D eigenvalue weighted by molar-refractivity contribution is 0.791. The first kappa shape index (κ1) is 11.5. The van der Waals surface area contributed by atoms with Gasteiger partial charge in [-0.3, -0.25) is 0 Å². The summed E-state index contributed by atoms with van der Waals surface area (Å²) in [4.78, 5) is 8.40. The number of rotatable bonds is 4. The van der Waals surface area contributed by atoms with Crippen LogP contribution in [0.3, 0.4) is 0 Å². The lowest BCUT2D eigenvalue weighted by Crippen LogP contribution is -2.14. The summed E-state index contributed by atoms with van der Waals surface area (Å²) < 4.78 is 1.75. The Hall–Kier alpha value is -1.95. The van der Waals surface area contributed by atoms with Crippen LogP contribution in [0.4, 0.5) is 5.82 Å². The molecular weight excluding hydrogens is 216 g/mol. The van der Waals surface area contributed by atoms with E-state index in [4.69, 9.17) is 5.84 Å². The van der Waals surface area contributed by atoms with Gasteiger partial charge in [-0.2, -0.15) is 5.10 Å². The third-order valence-corrected chi connectivity index (χ3v) is 2.50. The van der Waals surface area contributed by atoms with Crippen LogP contribution in [0.1, 0.15) is 24.6 Å². The molecule has 2 aromatic heterocycles. The fraction of sp³-hybridized carbons (Fsp3) is 0.364. The van der Waals surface area contributed by atoms with Crippen molar-refractivity contribution >= 4 is 5.82 Å². The Bertz CT molecular complexity index is 504. The first-order valence-corrected chi connectivity index (χ1v) is 5.59. The standard InChI is InChI=1S/C11H16N6/c1-3-4-9-10(15-12)13-7-14-11(9)17-6-5-8(2)16-17/h5-7H,3-4,12H2,1-2H3,(H,13,14,15). The van der Waals surface area contributed by atoms with Gasteiger partial charge in [-0.15, -0.1) is 0 Å². The van der Waals surface area contributed by atoms with Gasteiger partial charge in [0, 0.05) is 11.8 Å². The average Bonchev–Trinajstić information content (AvgIpc) is 2.76. The number of nitrogens with two attached hydrogens (primary N) is 1. The highest BCUT2D eigenvalue weighted by atomic mass is 15.3. The lowest BCUT2D eigenvalue weighted by Gasteiger charge is -2.11. The van der Waals surface area contributed by atoms with E-state index in [0.717, 1.165) is 29.9 Å². The highest BCUT2D eigenvalue weighted by molar-refractivity contribution is 5.50. The van der Waals surface area contributed by atoms with E-state index in [-0.39, 0.29) is 0 Å². The quantitative estimate of drug-likeness (QED) is 0.611. The van der Waals surface area contributed by atoms with Gasteiger partial charge in [-0.25, -0.2) is 20.5 Å².